The molecular weight excluding hydrogens is 330 g/mol. The lowest BCUT2D eigenvalue weighted by atomic mass is 10.1. The van der Waals surface area contributed by atoms with Crippen molar-refractivity contribution in [1.29, 1.82) is 0 Å². The molecule has 0 aliphatic carbocycles. The first-order valence-corrected chi connectivity index (χ1v) is 8.66. The van der Waals surface area contributed by atoms with Gasteiger partial charge in [-0.1, -0.05) is 6.07 Å². The van der Waals surface area contributed by atoms with Crippen LogP contribution in [-0.2, 0) is 16.6 Å². The number of hydrogen-bond acceptors (Lipinski definition) is 4. The molecule has 1 heterocycles. The maximum atomic E-state index is 12.3. The predicted octanol–water partition coefficient (Wildman–Crippen LogP) is 2.86. The fourth-order valence-electron chi connectivity index (χ4n) is 2.45. The first kappa shape index (κ1) is 16.2. The number of aromatic nitrogens is 1. The van der Waals surface area contributed by atoms with Crippen LogP contribution in [-0.4, -0.2) is 18.3 Å². The number of aryl methyl sites for hydroxylation is 1. The summed E-state index contributed by atoms with van der Waals surface area (Å²) in [5.41, 5.74) is 2.71. The van der Waals surface area contributed by atoms with Crippen molar-refractivity contribution in [2.24, 2.45) is 0 Å². The summed E-state index contributed by atoms with van der Waals surface area (Å²) in [6, 6.07) is 12.4. The summed E-state index contributed by atoms with van der Waals surface area (Å²) in [7, 11) is -3.73. The Morgan fingerprint density at radius 2 is 1.83 bits per heavy atom. The van der Waals surface area contributed by atoms with E-state index in [2.05, 4.69) is 9.71 Å². The Morgan fingerprint density at radius 1 is 1.12 bits per heavy atom. The number of nitrogens with zero attached hydrogens (tertiary/aromatic N) is 1. The van der Waals surface area contributed by atoms with Gasteiger partial charge in [-0.15, -0.1) is 0 Å². The number of sulfonamides is 1. The molecule has 3 rings (SSSR count). The third kappa shape index (κ3) is 3.29. The zero-order chi connectivity index (χ0) is 17.3. The van der Waals surface area contributed by atoms with E-state index in [9.17, 15) is 18.5 Å². The van der Waals surface area contributed by atoms with Crippen molar-refractivity contribution >= 4 is 26.6 Å². The molecule has 0 saturated heterocycles. The van der Waals surface area contributed by atoms with Gasteiger partial charge in [-0.25, -0.2) is 13.1 Å². The normalized spacial score (nSPS) is 11.7. The van der Waals surface area contributed by atoms with Gasteiger partial charge >= 0.3 is 0 Å². The zero-order valence-electron chi connectivity index (χ0n) is 12.8. The molecule has 0 saturated carbocycles. The topological polar surface area (TPSA) is 105 Å². The van der Waals surface area contributed by atoms with E-state index in [0.717, 1.165) is 22.2 Å². The second-order valence-corrected chi connectivity index (χ2v) is 7.22. The molecule has 2 N–H and O–H groups in total. The number of aromatic amines is 1. The summed E-state index contributed by atoms with van der Waals surface area (Å²) in [5, 5.41) is 11.6. The Hall–Kier alpha value is -2.71. The Kier molecular flexibility index (Phi) is 4.08. The van der Waals surface area contributed by atoms with Crippen molar-refractivity contribution in [3.8, 4) is 0 Å². The lowest BCUT2D eigenvalue weighted by Crippen LogP contribution is -2.23. The second-order valence-electron chi connectivity index (χ2n) is 5.45. The average molecular weight is 345 g/mol. The first-order chi connectivity index (χ1) is 11.3. The quantitative estimate of drug-likeness (QED) is 0.548. The highest BCUT2D eigenvalue weighted by Crippen LogP contribution is 2.18. The van der Waals surface area contributed by atoms with E-state index in [4.69, 9.17) is 0 Å². The van der Waals surface area contributed by atoms with E-state index >= 15 is 0 Å². The number of benzene rings is 2. The fraction of sp³-hybridized carbons (Fsp3) is 0.125. The summed E-state index contributed by atoms with van der Waals surface area (Å²) < 4.78 is 27.0. The van der Waals surface area contributed by atoms with Crippen LogP contribution < -0.4 is 4.72 Å². The largest absolute Gasteiger partial charge is 0.359 e. The van der Waals surface area contributed by atoms with Crippen LogP contribution in [0, 0.1) is 17.0 Å². The van der Waals surface area contributed by atoms with Crippen molar-refractivity contribution in [3.63, 3.8) is 0 Å². The van der Waals surface area contributed by atoms with Crippen LogP contribution in [0.2, 0.25) is 0 Å². The molecule has 3 aromatic rings. The molecule has 0 unspecified atom stereocenters. The first-order valence-electron chi connectivity index (χ1n) is 7.17. The smallest absolute Gasteiger partial charge is 0.269 e. The molecular formula is C16H15N3O4S. The van der Waals surface area contributed by atoms with Crippen molar-refractivity contribution in [1.82, 2.24) is 9.71 Å². The highest BCUT2D eigenvalue weighted by atomic mass is 32.2. The van der Waals surface area contributed by atoms with E-state index in [1.165, 1.54) is 24.3 Å². The van der Waals surface area contributed by atoms with Crippen LogP contribution in [0.3, 0.4) is 0 Å². The number of hydrogen-bond donors (Lipinski definition) is 2. The van der Waals surface area contributed by atoms with Gasteiger partial charge in [-0.05, 0) is 48.2 Å². The van der Waals surface area contributed by atoms with Gasteiger partial charge in [-0.2, -0.15) is 0 Å². The summed E-state index contributed by atoms with van der Waals surface area (Å²) >= 11 is 0. The maximum absolute atomic E-state index is 12.3. The minimum Gasteiger partial charge on any atom is -0.359 e. The minimum absolute atomic E-state index is 0.00772. The monoisotopic (exact) mass is 345 g/mol. The molecule has 1 aromatic heterocycles. The van der Waals surface area contributed by atoms with Crippen molar-refractivity contribution in [2.75, 3.05) is 0 Å². The molecule has 0 amide bonds. The van der Waals surface area contributed by atoms with Crippen LogP contribution in [0.25, 0.3) is 10.9 Å². The van der Waals surface area contributed by atoms with Crippen LogP contribution >= 0.6 is 0 Å². The van der Waals surface area contributed by atoms with E-state index < -0.39 is 14.9 Å². The van der Waals surface area contributed by atoms with Crippen LogP contribution in [0.4, 0.5) is 5.69 Å². The number of fused-ring (bicyclic) bond motifs is 1. The average Bonchev–Trinajstić information content (AvgIpc) is 2.92. The van der Waals surface area contributed by atoms with Gasteiger partial charge in [-0.3, -0.25) is 10.1 Å². The zero-order valence-corrected chi connectivity index (χ0v) is 13.6. The van der Waals surface area contributed by atoms with Gasteiger partial charge in [0.2, 0.25) is 10.0 Å². The Bertz CT molecular complexity index is 1010. The lowest BCUT2D eigenvalue weighted by molar-refractivity contribution is -0.384. The molecule has 7 nitrogen and oxygen atoms in total. The van der Waals surface area contributed by atoms with Gasteiger partial charge in [0.05, 0.1) is 9.82 Å². The molecule has 0 aliphatic heterocycles. The Balaban J connectivity index is 1.77. The van der Waals surface area contributed by atoms with E-state index in [0.29, 0.717) is 0 Å². The van der Waals surface area contributed by atoms with Crippen molar-refractivity contribution < 1.29 is 13.3 Å². The van der Waals surface area contributed by atoms with Gasteiger partial charge in [0, 0.05) is 29.9 Å². The van der Waals surface area contributed by atoms with Gasteiger partial charge < -0.3 is 4.98 Å². The lowest BCUT2D eigenvalue weighted by Gasteiger charge is -2.07. The number of rotatable bonds is 5. The van der Waals surface area contributed by atoms with Crippen LogP contribution in [0.5, 0.6) is 0 Å². The van der Waals surface area contributed by atoms with Crippen molar-refractivity contribution in [2.45, 2.75) is 18.4 Å². The van der Waals surface area contributed by atoms with Gasteiger partial charge in [0.1, 0.15) is 0 Å². The molecule has 124 valence electrons. The molecule has 2 aromatic carbocycles. The number of nitro groups is 1. The Labute approximate surface area is 138 Å². The molecule has 0 bridgehead atoms. The molecule has 0 aliphatic rings. The van der Waals surface area contributed by atoms with Crippen molar-refractivity contribution in [3.05, 3.63) is 69.9 Å². The Morgan fingerprint density at radius 3 is 2.50 bits per heavy atom. The van der Waals surface area contributed by atoms with Gasteiger partial charge in [0.25, 0.3) is 5.69 Å². The summed E-state index contributed by atoms with van der Waals surface area (Å²) in [6.45, 7) is 2.09. The fourth-order valence-corrected chi connectivity index (χ4v) is 3.46. The minimum atomic E-state index is -3.73. The standard InChI is InChI=1S/C16H15N3O4S/c1-11-8-13-9-12(2-7-16(13)18-11)10-17-24(22,23)15-5-3-14(4-6-15)19(20)21/h2-9,17-18H,10H2,1H3. The molecule has 24 heavy (non-hydrogen) atoms. The van der Waals surface area contributed by atoms with E-state index in [1.807, 2.05) is 31.2 Å². The highest BCUT2D eigenvalue weighted by Gasteiger charge is 2.15. The highest BCUT2D eigenvalue weighted by molar-refractivity contribution is 7.89. The molecule has 0 spiro atoms. The molecule has 8 heteroatoms. The van der Waals surface area contributed by atoms with E-state index in [-0.39, 0.29) is 17.1 Å². The van der Waals surface area contributed by atoms with Crippen LogP contribution in [0.15, 0.2) is 53.4 Å². The number of nitro benzene ring substituents is 1. The second kappa shape index (κ2) is 6.06. The summed E-state index contributed by atoms with van der Waals surface area (Å²) in [4.78, 5) is 13.2. The third-order valence-electron chi connectivity index (χ3n) is 3.64. The molecule has 0 fully saturated rings. The maximum Gasteiger partial charge on any atom is 0.269 e. The number of nitrogens with one attached hydrogen (secondary N) is 2. The number of H-pyrrole nitrogens is 1. The molecule has 0 radical (unpaired) electrons. The van der Waals surface area contributed by atoms with Gasteiger partial charge in [0.15, 0.2) is 0 Å². The SMILES string of the molecule is Cc1cc2cc(CNS(=O)(=O)c3ccc([N+](=O)[O-])cc3)ccc2[nH]1. The number of non-ortho nitro benzene ring substituents is 1. The summed E-state index contributed by atoms with van der Waals surface area (Å²) in [5.74, 6) is 0. The molecule has 0 atom stereocenters. The third-order valence-corrected chi connectivity index (χ3v) is 5.06. The summed E-state index contributed by atoms with van der Waals surface area (Å²) in [6.07, 6.45) is 0. The predicted molar refractivity (Wildman–Crippen MR) is 90.2 cm³/mol. The van der Waals surface area contributed by atoms with E-state index in [1.54, 1.807) is 0 Å². The van der Waals surface area contributed by atoms with Crippen LogP contribution in [0.1, 0.15) is 11.3 Å².